The molecule has 0 aromatic heterocycles. The van der Waals surface area contributed by atoms with Crippen molar-refractivity contribution in [2.24, 2.45) is 0 Å². The third kappa shape index (κ3) is 25.0. The van der Waals surface area contributed by atoms with Crippen LogP contribution in [0.15, 0.2) is 0 Å². The van der Waals surface area contributed by atoms with Crippen LogP contribution in [-0.2, 0) is 4.79 Å². The van der Waals surface area contributed by atoms with Gasteiger partial charge in [-0.1, -0.05) is 6.92 Å². The Hall–Kier alpha value is 0.269. The Morgan fingerprint density at radius 2 is 1.47 bits per heavy atom. The average molecular weight is 321 g/mol. The summed E-state index contributed by atoms with van der Waals surface area (Å²) < 4.78 is 3.25. The molecule has 0 amide bonds. The Morgan fingerprint density at radius 3 is 1.67 bits per heavy atom. The molecule has 0 bridgehead atoms. The summed E-state index contributed by atoms with van der Waals surface area (Å²) in [5.41, 5.74) is 0. The Morgan fingerprint density at radius 1 is 1.00 bits per heavy atom. The van der Waals surface area contributed by atoms with Crippen LogP contribution in [0.4, 0.5) is 0 Å². The number of carbonyl (C=O) groups is 1. The van der Waals surface area contributed by atoms with Crippen molar-refractivity contribution in [2.75, 3.05) is 0 Å². The van der Waals surface area contributed by atoms with E-state index in [0.29, 0.717) is 6.42 Å². The molecule has 90 valence electrons. The molecule has 0 aliphatic rings. The fourth-order valence-electron chi connectivity index (χ4n) is 0.942. The first-order valence-electron chi connectivity index (χ1n) is 6.11. The van der Waals surface area contributed by atoms with Gasteiger partial charge < -0.3 is 5.11 Å². The molecule has 0 heterocycles. The zero-order valence-corrected chi connectivity index (χ0v) is 13.4. The van der Waals surface area contributed by atoms with E-state index in [2.05, 4.69) is 13.8 Å². The van der Waals surface area contributed by atoms with E-state index in [1.807, 2.05) is 6.92 Å². The van der Waals surface area contributed by atoms with Gasteiger partial charge in [-0.15, -0.1) is 0 Å². The molecule has 0 aliphatic heterocycles. The molecule has 0 fully saturated rings. The molecule has 0 saturated carbocycles. The van der Waals surface area contributed by atoms with Gasteiger partial charge in [-0.25, -0.2) is 0 Å². The van der Waals surface area contributed by atoms with Crippen molar-refractivity contribution in [3.63, 3.8) is 0 Å². The van der Waals surface area contributed by atoms with Gasteiger partial charge in [0.05, 0.1) is 0 Å². The maximum atomic E-state index is 9.60. The number of hydrogen-bond acceptors (Lipinski definition) is 1. The minimum atomic E-state index is -0.711. The van der Waals surface area contributed by atoms with Gasteiger partial charge in [-0.05, 0) is 6.42 Å². The van der Waals surface area contributed by atoms with Crippen LogP contribution in [0.5, 0.6) is 0 Å². The van der Waals surface area contributed by atoms with E-state index in [0.717, 1.165) is 6.42 Å². The van der Waals surface area contributed by atoms with Crippen molar-refractivity contribution in [1.82, 2.24) is 0 Å². The topological polar surface area (TPSA) is 37.3 Å². The molecule has 0 unspecified atom stereocenters. The molecule has 15 heavy (non-hydrogen) atoms. The van der Waals surface area contributed by atoms with Crippen LogP contribution in [0.3, 0.4) is 0 Å². The molecule has 2 radical (unpaired) electrons. The van der Waals surface area contributed by atoms with Gasteiger partial charge in [0.2, 0.25) is 0 Å². The Bertz CT molecular complexity index is 121. The number of unbranched alkanes of at least 4 members (excludes halogenated alkanes) is 2. The van der Waals surface area contributed by atoms with Crippen molar-refractivity contribution in [3.8, 4) is 0 Å². The summed E-state index contributed by atoms with van der Waals surface area (Å²) in [6.07, 6.45) is 6.86. The van der Waals surface area contributed by atoms with Gasteiger partial charge >= 0.3 is 75.5 Å². The summed E-state index contributed by atoms with van der Waals surface area (Å²) in [5, 5.41) is 7.91. The van der Waals surface area contributed by atoms with Crippen molar-refractivity contribution in [2.45, 2.75) is 68.2 Å². The third-order valence-corrected chi connectivity index (χ3v) is 5.91. The molecular weight excluding hydrogens is 295 g/mol. The van der Waals surface area contributed by atoms with Crippen LogP contribution in [0.25, 0.3) is 0 Å². The van der Waals surface area contributed by atoms with Crippen molar-refractivity contribution in [1.29, 1.82) is 0 Å². The van der Waals surface area contributed by atoms with E-state index in [1.165, 1.54) is 25.7 Å². The molecule has 0 aromatic carbocycles. The summed E-state index contributed by atoms with van der Waals surface area (Å²) in [6.45, 7) is 6.42. The van der Waals surface area contributed by atoms with Crippen LogP contribution < -0.4 is 0 Å². The molecule has 0 aliphatic carbocycles. The number of hydrogen-bond donors (Lipinski definition) is 1. The summed E-state index contributed by atoms with van der Waals surface area (Å²) in [7, 11) is 0. The van der Waals surface area contributed by atoms with Crippen molar-refractivity contribution >= 4 is 27.1 Å². The SMILES string of the molecule is CCCC(=O)O.CCC[CH2][Sn][CH2]CCC. The first-order chi connectivity index (χ1) is 7.18. The second kappa shape index (κ2) is 16.7. The number of carboxylic acids is 1. The summed E-state index contributed by atoms with van der Waals surface area (Å²) in [5.74, 6) is -0.711. The van der Waals surface area contributed by atoms with E-state index in [4.69, 9.17) is 5.11 Å². The maximum absolute atomic E-state index is 9.60. The van der Waals surface area contributed by atoms with Gasteiger partial charge in [-0.3, -0.25) is 4.79 Å². The molecule has 3 heteroatoms. The average Bonchev–Trinajstić information content (AvgIpc) is 2.18. The summed E-state index contributed by atoms with van der Waals surface area (Å²) in [4.78, 5) is 9.60. The van der Waals surface area contributed by atoms with E-state index in [-0.39, 0.29) is 21.1 Å². The van der Waals surface area contributed by atoms with Crippen LogP contribution in [0.1, 0.15) is 59.3 Å². The molecule has 0 spiro atoms. The van der Waals surface area contributed by atoms with Gasteiger partial charge in [-0.2, -0.15) is 0 Å². The summed E-state index contributed by atoms with van der Waals surface area (Å²) >= 11 is 0.149. The van der Waals surface area contributed by atoms with Gasteiger partial charge in [0, 0.05) is 6.42 Å². The fourth-order valence-corrected chi connectivity index (χ4v) is 5.10. The Labute approximate surface area is 105 Å². The first kappa shape index (κ1) is 17.7. The molecular formula is C12H26O2Sn. The molecule has 2 nitrogen and oxygen atoms in total. The van der Waals surface area contributed by atoms with Crippen molar-refractivity contribution in [3.05, 3.63) is 0 Å². The monoisotopic (exact) mass is 322 g/mol. The zero-order valence-electron chi connectivity index (χ0n) is 10.5. The standard InChI is InChI=1S/C4H8O2.2C4H9.Sn/c1-2-3-4(5)6;2*1-3-4-2;/h2-3H2,1H3,(H,5,6);2*1,3-4H2,2H3;. The molecule has 1 N–H and O–H groups in total. The minimum absolute atomic E-state index is 0.149. The Kier molecular flexibility index (Phi) is 19.6. The van der Waals surface area contributed by atoms with E-state index in [1.54, 1.807) is 8.87 Å². The molecule has 0 rings (SSSR count). The molecule has 0 saturated heterocycles. The van der Waals surface area contributed by atoms with Crippen LogP contribution in [0, 0.1) is 0 Å². The Balaban J connectivity index is 0. The predicted octanol–water partition coefficient (Wildman–Crippen LogP) is 4.00. The second-order valence-electron chi connectivity index (χ2n) is 3.60. The van der Waals surface area contributed by atoms with E-state index < -0.39 is 5.97 Å². The van der Waals surface area contributed by atoms with E-state index >= 15 is 0 Å². The van der Waals surface area contributed by atoms with Gasteiger partial charge in [0.15, 0.2) is 0 Å². The second-order valence-corrected chi connectivity index (χ2v) is 7.88. The van der Waals surface area contributed by atoms with Crippen LogP contribution >= 0.6 is 0 Å². The first-order valence-corrected chi connectivity index (χ1v) is 10.1. The van der Waals surface area contributed by atoms with Gasteiger partial charge in [0.1, 0.15) is 0 Å². The van der Waals surface area contributed by atoms with E-state index in [9.17, 15) is 4.79 Å². The fraction of sp³-hybridized carbons (Fsp3) is 0.917. The van der Waals surface area contributed by atoms with Crippen LogP contribution in [-0.4, -0.2) is 32.2 Å². The van der Waals surface area contributed by atoms with Crippen LogP contribution in [0.2, 0.25) is 8.87 Å². The number of aliphatic carboxylic acids is 1. The third-order valence-electron chi connectivity index (χ3n) is 1.88. The molecule has 0 atom stereocenters. The normalized spacial score (nSPS) is 9.27. The van der Waals surface area contributed by atoms with Crippen molar-refractivity contribution < 1.29 is 9.90 Å². The predicted molar refractivity (Wildman–Crippen MR) is 67.7 cm³/mol. The number of carboxylic acid groups (broad SMARTS) is 1. The quantitative estimate of drug-likeness (QED) is 0.542. The summed E-state index contributed by atoms with van der Waals surface area (Å²) in [6, 6.07) is 0. The van der Waals surface area contributed by atoms with Gasteiger partial charge in [0.25, 0.3) is 0 Å². The number of rotatable bonds is 8. The zero-order chi connectivity index (χ0) is 11.9. The molecule has 0 aromatic rings.